The first-order valence-electron chi connectivity index (χ1n) is 6.19. The molecule has 1 aromatic carbocycles. The van der Waals surface area contributed by atoms with Crippen LogP contribution in [0, 0.1) is 5.82 Å². The van der Waals surface area contributed by atoms with Crippen molar-refractivity contribution in [2.45, 2.75) is 13.1 Å². The Bertz CT molecular complexity index is 707. The van der Waals surface area contributed by atoms with Crippen molar-refractivity contribution in [3.05, 3.63) is 40.3 Å². The van der Waals surface area contributed by atoms with E-state index in [-0.39, 0.29) is 24.2 Å². The van der Waals surface area contributed by atoms with Gasteiger partial charge in [-0.15, -0.1) is 5.10 Å². The second-order valence-corrected chi connectivity index (χ2v) is 4.62. The SMILES string of the molecule is CCOC(=O)c1cc(Oc2c(F)cc(C(F)(F)F)cc2Cl)n[nH]1. The van der Waals surface area contributed by atoms with E-state index in [1.807, 2.05) is 0 Å². The van der Waals surface area contributed by atoms with Gasteiger partial charge in [-0.25, -0.2) is 9.18 Å². The van der Waals surface area contributed by atoms with E-state index in [4.69, 9.17) is 21.1 Å². The number of alkyl halides is 3. The van der Waals surface area contributed by atoms with Crippen molar-refractivity contribution in [2.75, 3.05) is 6.61 Å². The number of carbonyl (C=O) groups excluding carboxylic acids is 1. The summed E-state index contributed by atoms with van der Waals surface area (Å²) >= 11 is 5.62. The van der Waals surface area contributed by atoms with Crippen molar-refractivity contribution < 1.29 is 31.8 Å². The lowest BCUT2D eigenvalue weighted by molar-refractivity contribution is -0.137. The van der Waals surface area contributed by atoms with E-state index < -0.39 is 34.3 Å². The molecule has 2 aromatic rings. The highest BCUT2D eigenvalue weighted by Crippen LogP contribution is 2.38. The van der Waals surface area contributed by atoms with Crippen molar-refractivity contribution in [1.82, 2.24) is 10.2 Å². The smallest absolute Gasteiger partial charge is 0.416 e. The van der Waals surface area contributed by atoms with Gasteiger partial charge < -0.3 is 9.47 Å². The molecule has 0 aliphatic heterocycles. The number of rotatable bonds is 4. The fourth-order valence-corrected chi connectivity index (χ4v) is 1.84. The Labute approximate surface area is 132 Å². The van der Waals surface area contributed by atoms with Crippen molar-refractivity contribution >= 4 is 17.6 Å². The summed E-state index contributed by atoms with van der Waals surface area (Å²) in [7, 11) is 0. The van der Waals surface area contributed by atoms with Crippen LogP contribution in [0.2, 0.25) is 5.02 Å². The molecule has 0 spiro atoms. The Hall–Kier alpha value is -2.29. The first-order valence-corrected chi connectivity index (χ1v) is 6.56. The molecule has 2 rings (SSSR count). The standard InChI is InChI=1S/C13H9ClF4N2O3/c1-2-22-12(21)9-5-10(20-19-9)23-11-7(14)3-6(4-8(11)15)13(16,17)18/h3-5H,2H2,1H3,(H,19,20). The number of aromatic nitrogens is 2. The van der Waals surface area contributed by atoms with Crippen molar-refractivity contribution in [3.8, 4) is 11.6 Å². The number of hydrogen-bond donors (Lipinski definition) is 1. The number of halogens is 5. The van der Waals surface area contributed by atoms with Gasteiger partial charge in [0.05, 0.1) is 17.2 Å². The summed E-state index contributed by atoms with van der Waals surface area (Å²) in [6.45, 7) is 1.73. The van der Waals surface area contributed by atoms with Gasteiger partial charge in [0.25, 0.3) is 0 Å². The van der Waals surface area contributed by atoms with Crippen molar-refractivity contribution in [1.29, 1.82) is 0 Å². The van der Waals surface area contributed by atoms with Crippen LogP contribution in [0.1, 0.15) is 23.0 Å². The molecule has 0 saturated heterocycles. The van der Waals surface area contributed by atoms with Gasteiger partial charge in [-0.05, 0) is 19.1 Å². The molecule has 0 amide bonds. The Morgan fingerprint density at radius 3 is 2.61 bits per heavy atom. The molecule has 0 unspecified atom stereocenters. The van der Waals surface area contributed by atoms with Crippen LogP contribution in [0.5, 0.6) is 11.6 Å². The number of nitrogens with zero attached hydrogens (tertiary/aromatic N) is 1. The fourth-order valence-electron chi connectivity index (χ4n) is 1.59. The van der Waals surface area contributed by atoms with Crippen LogP contribution in [0.15, 0.2) is 18.2 Å². The van der Waals surface area contributed by atoms with Gasteiger partial charge in [0.2, 0.25) is 5.88 Å². The second kappa shape index (κ2) is 6.45. The van der Waals surface area contributed by atoms with E-state index in [1.54, 1.807) is 6.92 Å². The van der Waals surface area contributed by atoms with E-state index >= 15 is 0 Å². The zero-order valence-electron chi connectivity index (χ0n) is 11.5. The van der Waals surface area contributed by atoms with Crippen LogP contribution in [0.3, 0.4) is 0 Å². The van der Waals surface area contributed by atoms with Gasteiger partial charge in [0.15, 0.2) is 11.6 Å². The summed E-state index contributed by atoms with van der Waals surface area (Å²) in [6, 6.07) is 1.88. The normalized spacial score (nSPS) is 11.4. The zero-order chi connectivity index (χ0) is 17.2. The number of benzene rings is 1. The van der Waals surface area contributed by atoms with Gasteiger partial charge in [0.1, 0.15) is 5.69 Å². The van der Waals surface area contributed by atoms with E-state index in [0.29, 0.717) is 6.07 Å². The number of hydrogen-bond acceptors (Lipinski definition) is 4. The summed E-state index contributed by atoms with van der Waals surface area (Å²) in [5.41, 5.74) is -1.31. The second-order valence-electron chi connectivity index (χ2n) is 4.21. The van der Waals surface area contributed by atoms with E-state index in [0.717, 1.165) is 6.07 Å². The maximum Gasteiger partial charge on any atom is 0.416 e. The predicted octanol–water partition coefficient (Wildman–Crippen LogP) is 4.19. The predicted molar refractivity (Wildman–Crippen MR) is 71.0 cm³/mol. The molecule has 0 radical (unpaired) electrons. The zero-order valence-corrected chi connectivity index (χ0v) is 12.3. The van der Waals surface area contributed by atoms with Crippen LogP contribution in [-0.2, 0) is 10.9 Å². The molecule has 0 aliphatic carbocycles. The molecule has 0 saturated carbocycles. The molecular formula is C13H9ClF4N2O3. The molecule has 1 heterocycles. The third kappa shape index (κ3) is 3.92. The summed E-state index contributed by atoms with van der Waals surface area (Å²) in [5, 5.41) is 5.28. The number of aromatic amines is 1. The third-order valence-electron chi connectivity index (χ3n) is 2.58. The Balaban J connectivity index is 2.26. The van der Waals surface area contributed by atoms with E-state index in [2.05, 4.69) is 10.2 Å². The van der Waals surface area contributed by atoms with Gasteiger partial charge >= 0.3 is 12.1 Å². The summed E-state index contributed by atoms with van der Waals surface area (Å²) in [4.78, 5) is 11.4. The Morgan fingerprint density at radius 1 is 1.35 bits per heavy atom. The number of nitrogens with one attached hydrogen (secondary N) is 1. The highest BCUT2D eigenvalue weighted by Gasteiger charge is 2.32. The maximum absolute atomic E-state index is 13.8. The van der Waals surface area contributed by atoms with Crippen LogP contribution in [0.4, 0.5) is 17.6 Å². The van der Waals surface area contributed by atoms with Gasteiger partial charge in [-0.3, -0.25) is 5.10 Å². The molecule has 0 bridgehead atoms. The molecule has 10 heteroatoms. The molecule has 23 heavy (non-hydrogen) atoms. The van der Waals surface area contributed by atoms with Gasteiger partial charge in [0, 0.05) is 6.07 Å². The molecule has 0 aliphatic rings. The van der Waals surface area contributed by atoms with E-state index in [9.17, 15) is 22.4 Å². The van der Waals surface area contributed by atoms with E-state index in [1.165, 1.54) is 0 Å². The Morgan fingerprint density at radius 2 is 2.04 bits per heavy atom. The lowest BCUT2D eigenvalue weighted by Gasteiger charge is -2.10. The van der Waals surface area contributed by atoms with Crippen LogP contribution in [0.25, 0.3) is 0 Å². The number of esters is 1. The molecular weight excluding hydrogens is 344 g/mol. The lowest BCUT2D eigenvalue weighted by atomic mass is 10.2. The lowest BCUT2D eigenvalue weighted by Crippen LogP contribution is -2.06. The average molecular weight is 353 g/mol. The molecule has 5 nitrogen and oxygen atoms in total. The molecule has 124 valence electrons. The average Bonchev–Trinajstić information content (AvgIpc) is 2.90. The highest BCUT2D eigenvalue weighted by atomic mass is 35.5. The summed E-state index contributed by atoms with van der Waals surface area (Å²) < 4.78 is 61.1. The fraction of sp³-hybridized carbons (Fsp3) is 0.231. The molecule has 1 aromatic heterocycles. The van der Waals surface area contributed by atoms with Crippen LogP contribution >= 0.6 is 11.6 Å². The number of ether oxygens (including phenoxy) is 2. The molecule has 0 fully saturated rings. The number of H-pyrrole nitrogens is 1. The third-order valence-corrected chi connectivity index (χ3v) is 2.86. The van der Waals surface area contributed by atoms with Crippen LogP contribution in [-0.4, -0.2) is 22.8 Å². The van der Waals surface area contributed by atoms with Crippen molar-refractivity contribution in [2.24, 2.45) is 0 Å². The summed E-state index contributed by atoms with van der Waals surface area (Å²) in [6.07, 6.45) is -4.74. The van der Waals surface area contributed by atoms with Crippen molar-refractivity contribution in [3.63, 3.8) is 0 Å². The van der Waals surface area contributed by atoms with Gasteiger partial charge in [-0.1, -0.05) is 11.6 Å². The first-order chi connectivity index (χ1) is 10.7. The quantitative estimate of drug-likeness (QED) is 0.662. The highest BCUT2D eigenvalue weighted by molar-refractivity contribution is 6.32. The maximum atomic E-state index is 13.8. The summed E-state index contributed by atoms with van der Waals surface area (Å²) in [5.74, 6) is -2.92. The Kier molecular flexibility index (Phi) is 4.79. The minimum atomic E-state index is -4.74. The number of carbonyl (C=O) groups is 1. The monoisotopic (exact) mass is 352 g/mol. The molecule has 0 atom stereocenters. The minimum absolute atomic E-state index is 0.0645. The first kappa shape index (κ1) is 17.1. The van der Waals surface area contributed by atoms with Crippen LogP contribution < -0.4 is 4.74 Å². The molecule has 1 N–H and O–H groups in total. The largest absolute Gasteiger partial charge is 0.461 e. The topological polar surface area (TPSA) is 64.2 Å². The van der Waals surface area contributed by atoms with Gasteiger partial charge in [-0.2, -0.15) is 13.2 Å². The minimum Gasteiger partial charge on any atom is -0.461 e.